The van der Waals surface area contributed by atoms with Crippen LogP contribution in [0.2, 0.25) is 0 Å². The molecule has 1 unspecified atom stereocenters. The number of carbonyl (C=O) groups excluding carboxylic acids is 1. The maximum absolute atomic E-state index is 11.7. The second-order valence-corrected chi connectivity index (χ2v) is 7.41. The molecular formula is C11H20N2O5S. The van der Waals surface area contributed by atoms with Gasteiger partial charge in [0.2, 0.25) is 0 Å². The Morgan fingerprint density at radius 3 is 2.16 bits per heavy atom. The highest BCUT2D eigenvalue weighted by Gasteiger charge is 2.27. The lowest BCUT2D eigenvalue weighted by Crippen LogP contribution is -2.52. The molecule has 3 N–H and O–H groups in total. The Bertz CT molecular complexity index is 432. The van der Waals surface area contributed by atoms with Gasteiger partial charge in [0.25, 0.3) is 0 Å². The van der Waals surface area contributed by atoms with Crippen LogP contribution in [0.25, 0.3) is 0 Å². The Balaban J connectivity index is 2.45. The van der Waals surface area contributed by atoms with E-state index in [0.717, 1.165) is 0 Å². The van der Waals surface area contributed by atoms with Crippen molar-refractivity contribution in [1.29, 1.82) is 0 Å². The molecule has 1 rings (SSSR count). The van der Waals surface area contributed by atoms with E-state index < -0.39 is 27.9 Å². The summed E-state index contributed by atoms with van der Waals surface area (Å²) in [7, 11) is -2.97. The average molecular weight is 292 g/mol. The minimum absolute atomic E-state index is 0.0600. The van der Waals surface area contributed by atoms with Crippen molar-refractivity contribution in [3.05, 3.63) is 0 Å². The Kier molecular flexibility index (Phi) is 5.16. The van der Waals surface area contributed by atoms with Crippen LogP contribution in [0.4, 0.5) is 4.79 Å². The van der Waals surface area contributed by atoms with E-state index in [-0.39, 0.29) is 23.5 Å². The molecule has 0 aromatic carbocycles. The summed E-state index contributed by atoms with van der Waals surface area (Å²) in [4.78, 5) is 22.6. The molecule has 1 fully saturated rings. The molecule has 0 spiro atoms. The van der Waals surface area contributed by atoms with Crippen LogP contribution in [0.1, 0.15) is 26.7 Å². The van der Waals surface area contributed by atoms with Crippen molar-refractivity contribution in [3.8, 4) is 0 Å². The quantitative estimate of drug-likeness (QED) is 0.673. The summed E-state index contributed by atoms with van der Waals surface area (Å²) >= 11 is 0. The molecule has 0 aromatic rings. The molecule has 7 nitrogen and oxygen atoms in total. The van der Waals surface area contributed by atoms with Crippen molar-refractivity contribution < 1.29 is 23.1 Å². The SMILES string of the molecule is CC(C)C(NC(=O)NC1CCS(=O)(=O)CC1)C(=O)O. The fourth-order valence-corrected chi connectivity index (χ4v) is 3.41. The monoisotopic (exact) mass is 292 g/mol. The van der Waals surface area contributed by atoms with Crippen LogP contribution in [-0.2, 0) is 14.6 Å². The smallest absolute Gasteiger partial charge is 0.326 e. The van der Waals surface area contributed by atoms with E-state index in [1.54, 1.807) is 13.8 Å². The number of hydrogen-bond donors (Lipinski definition) is 3. The van der Waals surface area contributed by atoms with Crippen LogP contribution in [0.15, 0.2) is 0 Å². The van der Waals surface area contributed by atoms with Gasteiger partial charge in [-0.1, -0.05) is 13.8 Å². The van der Waals surface area contributed by atoms with Crippen LogP contribution < -0.4 is 10.6 Å². The normalized spacial score (nSPS) is 20.8. The Hall–Kier alpha value is -1.31. The Labute approximate surface area is 112 Å². The van der Waals surface area contributed by atoms with Gasteiger partial charge in [0.1, 0.15) is 15.9 Å². The summed E-state index contributed by atoms with van der Waals surface area (Å²) < 4.78 is 22.5. The number of sulfone groups is 1. The summed E-state index contributed by atoms with van der Waals surface area (Å²) in [5.74, 6) is -1.19. The van der Waals surface area contributed by atoms with Gasteiger partial charge in [-0.3, -0.25) is 0 Å². The summed E-state index contributed by atoms with van der Waals surface area (Å²) in [5, 5.41) is 13.9. The first-order valence-corrected chi connectivity index (χ1v) is 8.03. The lowest BCUT2D eigenvalue weighted by Gasteiger charge is -2.25. The van der Waals surface area contributed by atoms with Gasteiger partial charge in [0.05, 0.1) is 11.5 Å². The largest absolute Gasteiger partial charge is 0.480 e. The fourth-order valence-electron chi connectivity index (χ4n) is 1.92. The zero-order valence-corrected chi connectivity index (χ0v) is 11.9. The summed E-state index contributed by atoms with van der Waals surface area (Å²) in [6, 6.07) is -1.73. The van der Waals surface area contributed by atoms with Crippen molar-refractivity contribution in [2.45, 2.75) is 38.8 Å². The lowest BCUT2D eigenvalue weighted by atomic mass is 10.1. The number of hydrogen-bond acceptors (Lipinski definition) is 4. The van der Waals surface area contributed by atoms with Gasteiger partial charge in [0, 0.05) is 6.04 Å². The van der Waals surface area contributed by atoms with Crippen molar-refractivity contribution >= 4 is 21.8 Å². The summed E-state index contributed by atoms with van der Waals surface area (Å²) in [5.41, 5.74) is 0. The molecule has 110 valence electrons. The molecule has 0 aromatic heterocycles. The maximum atomic E-state index is 11.7. The molecule has 1 heterocycles. The molecule has 1 aliphatic heterocycles. The highest BCUT2D eigenvalue weighted by Crippen LogP contribution is 2.12. The van der Waals surface area contributed by atoms with Gasteiger partial charge < -0.3 is 15.7 Å². The van der Waals surface area contributed by atoms with Crippen LogP contribution in [-0.4, -0.2) is 49.1 Å². The number of urea groups is 1. The van der Waals surface area contributed by atoms with Gasteiger partial charge in [-0.05, 0) is 18.8 Å². The second kappa shape index (κ2) is 6.23. The first kappa shape index (κ1) is 15.7. The average Bonchev–Trinajstić information content (AvgIpc) is 2.28. The number of aliphatic carboxylic acids is 1. The standard InChI is InChI=1S/C11H20N2O5S/c1-7(2)9(10(14)15)13-11(16)12-8-3-5-19(17,18)6-4-8/h7-9H,3-6H2,1-2H3,(H,14,15)(H2,12,13,16). The summed E-state index contributed by atoms with van der Waals surface area (Å²) in [6.07, 6.45) is 0.740. The Morgan fingerprint density at radius 1 is 1.21 bits per heavy atom. The zero-order chi connectivity index (χ0) is 14.6. The fraction of sp³-hybridized carbons (Fsp3) is 0.818. The summed E-state index contributed by atoms with van der Waals surface area (Å²) in [6.45, 7) is 3.40. The number of amides is 2. The third-order valence-electron chi connectivity index (χ3n) is 3.11. The first-order valence-electron chi connectivity index (χ1n) is 6.21. The molecule has 0 bridgehead atoms. The van der Waals surface area contributed by atoms with Crippen molar-refractivity contribution in [3.63, 3.8) is 0 Å². The highest BCUT2D eigenvalue weighted by molar-refractivity contribution is 7.91. The molecule has 0 aliphatic carbocycles. The lowest BCUT2D eigenvalue weighted by molar-refractivity contribution is -0.140. The predicted octanol–water partition coefficient (Wildman–Crippen LogP) is -0.0280. The zero-order valence-electron chi connectivity index (χ0n) is 11.0. The van der Waals surface area contributed by atoms with Crippen LogP contribution in [0, 0.1) is 5.92 Å². The van der Waals surface area contributed by atoms with Crippen LogP contribution in [0.3, 0.4) is 0 Å². The van der Waals surface area contributed by atoms with Crippen molar-refractivity contribution in [1.82, 2.24) is 10.6 Å². The number of carboxylic acids is 1. The van der Waals surface area contributed by atoms with E-state index in [1.807, 2.05) is 0 Å². The number of rotatable bonds is 4. The van der Waals surface area contributed by atoms with Crippen LogP contribution in [0.5, 0.6) is 0 Å². The van der Waals surface area contributed by atoms with E-state index in [9.17, 15) is 18.0 Å². The third-order valence-corrected chi connectivity index (χ3v) is 4.82. The van der Waals surface area contributed by atoms with Gasteiger partial charge >= 0.3 is 12.0 Å². The number of carboxylic acid groups (broad SMARTS) is 1. The number of nitrogens with one attached hydrogen (secondary N) is 2. The molecule has 1 saturated heterocycles. The predicted molar refractivity (Wildman–Crippen MR) is 69.6 cm³/mol. The molecule has 0 saturated carbocycles. The first-order chi connectivity index (χ1) is 8.71. The van der Waals surface area contributed by atoms with Crippen LogP contribution >= 0.6 is 0 Å². The maximum Gasteiger partial charge on any atom is 0.326 e. The number of carbonyl (C=O) groups is 2. The Morgan fingerprint density at radius 2 is 1.74 bits per heavy atom. The molecule has 1 atom stereocenters. The molecular weight excluding hydrogens is 272 g/mol. The highest BCUT2D eigenvalue weighted by atomic mass is 32.2. The van der Waals surface area contributed by atoms with Gasteiger partial charge in [-0.15, -0.1) is 0 Å². The van der Waals surface area contributed by atoms with Gasteiger partial charge in [-0.2, -0.15) is 0 Å². The molecule has 8 heteroatoms. The van der Waals surface area contributed by atoms with E-state index in [2.05, 4.69) is 10.6 Å². The van der Waals surface area contributed by atoms with E-state index in [1.165, 1.54) is 0 Å². The van der Waals surface area contributed by atoms with Gasteiger partial charge in [-0.25, -0.2) is 18.0 Å². The van der Waals surface area contributed by atoms with E-state index >= 15 is 0 Å². The molecule has 0 radical (unpaired) electrons. The van der Waals surface area contributed by atoms with Crippen molar-refractivity contribution in [2.24, 2.45) is 5.92 Å². The minimum Gasteiger partial charge on any atom is -0.480 e. The minimum atomic E-state index is -2.97. The second-order valence-electron chi connectivity index (χ2n) is 5.10. The van der Waals surface area contributed by atoms with Gasteiger partial charge in [0.15, 0.2) is 0 Å². The van der Waals surface area contributed by atoms with E-state index in [0.29, 0.717) is 12.8 Å². The molecule has 1 aliphatic rings. The molecule has 2 amide bonds. The third kappa shape index (κ3) is 5.06. The van der Waals surface area contributed by atoms with E-state index in [4.69, 9.17) is 5.11 Å². The topological polar surface area (TPSA) is 113 Å². The van der Waals surface area contributed by atoms with Crippen molar-refractivity contribution in [2.75, 3.05) is 11.5 Å². The molecule has 19 heavy (non-hydrogen) atoms.